The highest BCUT2D eigenvalue weighted by molar-refractivity contribution is 5.81. The molecule has 0 aliphatic rings. The maximum absolute atomic E-state index is 12.6. The summed E-state index contributed by atoms with van der Waals surface area (Å²) in [7, 11) is 1.64. The quantitative estimate of drug-likeness (QED) is 0.867. The predicted octanol–water partition coefficient (Wildman–Crippen LogP) is 2.83. The first-order valence-corrected chi connectivity index (χ1v) is 6.93. The van der Waals surface area contributed by atoms with Gasteiger partial charge in [-0.2, -0.15) is 9.78 Å². The summed E-state index contributed by atoms with van der Waals surface area (Å²) in [6.45, 7) is 6.20. The van der Waals surface area contributed by atoms with Crippen LogP contribution in [0.4, 0.5) is 0 Å². The molecular weight excluding hydrogens is 266 g/mol. The van der Waals surface area contributed by atoms with Gasteiger partial charge in [-0.1, -0.05) is 32.9 Å². The molecule has 1 aromatic heterocycles. The number of rotatable bonds is 4. The molecule has 0 aliphatic heterocycles. The first-order chi connectivity index (χ1) is 9.91. The first kappa shape index (κ1) is 15.2. The second kappa shape index (κ2) is 6.08. The van der Waals surface area contributed by atoms with Gasteiger partial charge in [0.25, 0.3) is 5.91 Å². The lowest BCUT2D eigenvalue weighted by molar-refractivity contribution is 0.0706. The van der Waals surface area contributed by atoms with E-state index in [1.807, 2.05) is 24.3 Å². The van der Waals surface area contributed by atoms with Crippen molar-refractivity contribution in [1.82, 2.24) is 14.8 Å². The van der Waals surface area contributed by atoms with Crippen LogP contribution >= 0.6 is 0 Å². The zero-order chi connectivity index (χ0) is 15.5. The van der Waals surface area contributed by atoms with E-state index in [-0.39, 0.29) is 17.2 Å². The predicted molar refractivity (Wildman–Crippen MR) is 80.3 cm³/mol. The number of nitrogens with zero attached hydrogens (tertiary/aromatic N) is 3. The fraction of sp³-hybridized carbons (Fsp3) is 0.438. The number of carbonyl (C=O) groups is 1. The molecule has 0 aliphatic carbocycles. The monoisotopic (exact) mass is 287 g/mol. The number of aromatic nitrogens is 3. The minimum atomic E-state index is -0.174. The van der Waals surface area contributed by atoms with Crippen molar-refractivity contribution >= 4 is 5.91 Å². The van der Waals surface area contributed by atoms with Gasteiger partial charge in [-0.15, -0.1) is 0 Å². The van der Waals surface area contributed by atoms with E-state index in [1.165, 1.54) is 17.3 Å². The van der Waals surface area contributed by atoms with Crippen LogP contribution in [0.2, 0.25) is 0 Å². The van der Waals surface area contributed by atoms with Crippen molar-refractivity contribution in [3.05, 3.63) is 42.5 Å². The van der Waals surface area contributed by atoms with Crippen LogP contribution in [0.5, 0.6) is 5.75 Å². The Hall–Kier alpha value is -2.17. The van der Waals surface area contributed by atoms with Crippen LogP contribution in [-0.4, -0.2) is 27.8 Å². The number of ether oxygens (including phenoxy) is 1. The van der Waals surface area contributed by atoms with Gasteiger partial charge in [0.2, 0.25) is 0 Å². The van der Waals surface area contributed by atoms with E-state index in [0.29, 0.717) is 6.42 Å². The molecule has 1 unspecified atom stereocenters. The zero-order valence-corrected chi connectivity index (χ0v) is 12.9. The Labute approximate surface area is 125 Å². The molecule has 2 rings (SSSR count). The summed E-state index contributed by atoms with van der Waals surface area (Å²) in [5.74, 6) is 0.608. The Bertz CT molecular complexity index is 583. The van der Waals surface area contributed by atoms with Crippen LogP contribution < -0.4 is 4.74 Å². The molecule has 0 saturated carbocycles. The van der Waals surface area contributed by atoms with Crippen LogP contribution in [0.15, 0.2) is 36.9 Å². The Morgan fingerprint density at radius 2 is 1.95 bits per heavy atom. The van der Waals surface area contributed by atoms with Crippen molar-refractivity contribution in [3.63, 3.8) is 0 Å². The molecule has 1 heterocycles. The summed E-state index contributed by atoms with van der Waals surface area (Å²) in [5, 5.41) is 3.96. The van der Waals surface area contributed by atoms with Crippen molar-refractivity contribution in [2.24, 2.45) is 11.3 Å². The lowest BCUT2D eigenvalue weighted by Crippen LogP contribution is -2.34. The van der Waals surface area contributed by atoms with E-state index in [0.717, 1.165) is 11.3 Å². The molecule has 5 heteroatoms. The average Bonchev–Trinajstić information content (AvgIpc) is 2.97. The smallest absolute Gasteiger partial charge is 0.252 e. The van der Waals surface area contributed by atoms with Crippen LogP contribution in [0.3, 0.4) is 0 Å². The Morgan fingerprint density at radius 3 is 2.43 bits per heavy atom. The largest absolute Gasteiger partial charge is 0.497 e. The van der Waals surface area contributed by atoms with Gasteiger partial charge < -0.3 is 4.74 Å². The number of hydrogen-bond donors (Lipinski definition) is 0. The van der Waals surface area contributed by atoms with E-state index in [1.54, 1.807) is 7.11 Å². The Morgan fingerprint density at radius 1 is 1.29 bits per heavy atom. The maximum atomic E-state index is 12.6. The van der Waals surface area contributed by atoms with Gasteiger partial charge in [0.15, 0.2) is 0 Å². The fourth-order valence-electron chi connectivity index (χ4n) is 2.24. The third-order valence-electron chi connectivity index (χ3n) is 3.59. The average molecular weight is 287 g/mol. The van der Waals surface area contributed by atoms with Gasteiger partial charge in [-0.05, 0) is 29.5 Å². The molecule has 0 amide bonds. The van der Waals surface area contributed by atoms with E-state index in [4.69, 9.17) is 4.74 Å². The van der Waals surface area contributed by atoms with Crippen LogP contribution in [0.1, 0.15) is 31.1 Å². The van der Waals surface area contributed by atoms with E-state index >= 15 is 0 Å². The second-order valence-electron chi connectivity index (χ2n) is 6.15. The molecular formula is C16H21N3O2. The van der Waals surface area contributed by atoms with Crippen molar-refractivity contribution in [2.45, 2.75) is 27.2 Å². The number of hydrogen-bond acceptors (Lipinski definition) is 4. The van der Waals surface area contributed by atoms with Crippen LogP contribution in [0.25, 0.3) is 0 Å². The highest BCUT2D eigenvalue weighted by Crippen LogP contribution is 2.30. The maximum Gasteiger partial charge on any atom is 0.252 e. The van der Waals surface area contributed by atoms with Crippen LogP contribution in [-0.2, 0) is 6.42 Å². The topological polar surface area (TPSA) is 57.0 Å². The molecule has 0 N–H and O–H groups in total. The normalized spacial score (nSPS) is 13.0. The van der Waals surface area contributed by atoms with Gasteiger partial charge in [-0.25, -0.2) is 4.98 Å². The molecule has 0 bridgehead atoms. The van der Waals surface area contributed by atoms with Gasteiger partial charge in [0, 0.05) is 5.92 Å². The molecule has 1 aromatic carbocycles. The Kier molecular flexibility index (Phi) is 4.40. The molecule has 1 atom stereocenters. The van der Waals surface area contributed by atoms with Crippen molar-refractivity contribution in [3.8, 4) is 5.75 Å². The lowest BCUT2D eigenvalue weighted by atomic mass is 9.76. The standard InChI is InChI=1S/C16H21N3O2/c1-16(2,3)14(15(20)19-11-17-10-18-19)9-12-5-7-13(21-4)8-6-12/h5-8,10-11,14H,9H2,1-4H3. The lowest BCUT2D eigenvalue weighted by Gasteiger charge is -2.29. The third kappa shape index (κ3) is 3.68. The van der Waals surface area contributed by atoms with Gasteiger partial charge >= 0.3 is 0 Å². The van der Waals surface area contributed by atoms with E-state index in [9.17, 15) is 4.79 Å². The molecule has 0 radical (unpaired) electrons. The van der Waals surface area contributed by atoms with E-state index < -0.39 is 0 Å². The number of carbonyl (C=O) groups excluding carboxylic acids is 1. The zero-order valence-electron chi connectivity index (χ0n) is 12.9. The summed E-state index contributed by atoms with van der Waals surface area (Å²) in [4.78, 5) is 16.5. The summed E-state index contributed by atoms with van der Waals surface area (Å²) in [6, 6.07) is 7.81. The third-order valence-corrected chi connectivity index (χ3v) is 3.59. The summed E-state index contributed by atoms with van der Waals surface area (Å²) >= 11 is 0. The SMILES string of the molecule is COc1ccc(CC(C(=O)n2cncn2)C(C)(C)C)cc1. The molecule has 0 fully saturated rings. The number of methoxy groups -OCH3 is 1. The van der Waals surface area contributed by atoms with Gasteiger partial charge in [0.05, 0.1) is 7.11 Å². The summed E-state index contributed by atoms with van der Waals surface area (Å²) < 4.78 is 6.48. The van der Waals surface area contributed by atoms with Crippen LogP contribution in [0, 0.1) is 11.3 Å². The van der Waals surface area contributed by atoms with Gasteiger partial charge in [-0.3, -0.25) is 4.79 Å². The minimum Gasteiger partial charge on any atom is -0.497 e. The summed E-state index contributed by atoms with van der Waals surface area (Å²) in [5.41, 5.74) is 0.937. The molecule has 0 saturated heterocycles. The van der Waals surface area contributed by atoms with E-state index in [2.05, 4.69) is 30.9 Å². The highest BCUT2D eigenvalue weighted by Gasteiger charge is 2.32. The second-order valence-corrected chi connectivity index (χ2v) is 6.15. The highest BCUT2D eigenvalue weighted by atomic mass is 16.5. The fourth-order valence-corrected chi connectivity index (χ4v) is 2.24. The summed E-state index contributed by atoms with van der Waals surface area (Å²) in [6.07, 6.45) is 3.49. The van der Waals surface area contributed by atoms with Crippen molar-refractivity contribution in [2.75, 3.05) is 7.11 Å². The molecule has 5 nitrogen and oxygen atoms in total. The molecule has 21 heavy (non-hydrogen) atoms. The minimum absolute atomic E-state index is 0.0316. The van der Waals surface area contributed by atoms with Crippen molar-refractivity contribution in [1.29, 1.82) is 0 Å². The number of benzene rings is 1. The molecule has 2 aromatic rings. The molecule has 0 spiro atoms. The van der Waals surface area contributed by atoms with Crippen molar-refractivity contribution < 1.29 is 9.53 Å². The Balaban J connectivity index is 2.22. The first-order valence-electron chi connectivity index (χ1n) is 6.93. The molecule has 112 valence electrons. The van der Waals surface area contributed by atoms with Gasteiger partial charge in [0.1, 0.15) is 18.4 Å².